The highest BCUT2D eigenvalue weighted by atomic mass is 19.4. The Morgan fingerprint density at radius 3 is 2.23 bits per heavy atom. The largest absolute Gasteiger partial charge is 0.458 e. The molecular formula is C14H13F5NO2. The highest BCUT2D eigenvalue weighted by Crippen LogP contribution is 2.47. The van der Waals surface area contributed by atoms with Gasteiger partial charge >= 0.3 is 18.6 Å². The molecule has 0 atom stereocenters. The lowest BCUT2D eigenvalue weighted by Crippen LogP contribution is -2.40. The Morgan fingerprint density at radius 1 is 1.09 bits per heavy atom. The summed E-state index contributed by atoms with van der Waals surface area (Å²) in [6.07, 6.45) is -5.34. The van der Waals surface area contributed by atoms with Crippen molar-refractivity contribution in [3.8, 4) is 0 Å². The van der Waals surface area contributed by atoms with E-state index in [-0.39, 0.29) is 24.9 Å². The molecule has 3 nitrogen and oxygen atoms in total. The second kappa shape index (κ2) is 6.10. The van der Waals surface area contributed by atoms with Crippen LogP contribution in [0.4, 0.5) is 27.6 Å². The summed E-state index contributed by atoms with van der Waals surface area (Å²) < 4.78 is 69.7. The van der Waals surface area contributed by atoms with Crippen molar-refractivity contribution in [1.82, 2.24) is 0 Å². The molecule has 0 N–H and O–H groups in total. The van der Waals surface area contributed by atoms with E-state index in [0.717, 1.165) is 12.1 Å². The summed E-state index contributed by atoms with van der Waals surface area (Å²) in [7, 11) is 0. The van der Waals surface area contributed by atoms with E-state index in [4.69, 9.17) is 0 Å². The Labute approximate surface area is 123 Å². The van der Waals surface area contributed by atoms with Gasteiger partial charge in [-0.25, -0.2) is 4.79 Å². The third-order valence-electron chi connectivity index (χ3n) is 3.60. The van der Waals surface area contributed by atoms with E-state index in [1.807, 2.05) is 0 Å². The van der Waals surface area contributed by atoms with Gasteiger partial charge in [-0.05, 0) is 6.07 Å². The van der Waals surface area contributed by atoms with E-state index in [1.165, 1.54) is 23.5 Å². The molecule has 1 saturated heterocycles. The molecule has 0 aromatic heterocycles. The summed E-state index contributed by atoms with van der Waals surface area (Å²) in [4.78, 5) is 11.6. The molecule has 8 heteroatoms. The second-order valence-electron chi connectivity index (χ2n) is 4.98. The van der Waals surface area contributed by atoms with Crippen LogP contribution in [0.3, 0.4) is 0 Å². The van der Waals surface area contributed by atoms with Gasteiger partial charge in [0.15, 0.2) is 0 Å². The van der Waals surface area contributed by atoms with Crippen molar-refractivity contribution >= 4 is 12.2 Å². The molecule has 0 saturated carbocycles. The van der Waals surface area contributed by atoms with Crippen molar-refractivity contribution in [3.63, 3.8) is 0 Å². The van der Waals surface area contributed by atoms with Crippen molar-refractivity contribution in [2.45, 2.75) is 31.0 Å². The Kier molecular flexibility index (Phi) is 4.58. The van der Waals surface area contributed by atoms with Crippen LogP contribution in [0, 0.1) is 0 Å². The van der Waals surface area contributed by atoms with E-state index < -0.39 is 17.7 Å². The van der Waals surface area contributed by atoms with Gasteiger partial charge in [0, 0.05) is 31.6 Å². The summed E-state index contributed by atoms with van der Waals surface area (Å²) in [6, 6.07) is 4.58. The minimum Gasteiger partial charge on any atom is -0.454 e. The number of carbonyl (C=O) groups excluding carboxylic acids is 1. The van der Waals surface area contributed by atoms with Crippen LogP contribution in [0.5, 0.6) is 0 Å². The Morgan fingerprint density at radius 2 is 1.68 bits per heavy atom. The number of halogens is 5. The van der Waals surface area contributed by atoms with Gasteiger partial charge in [-0.3, -0.25) is 0 Å². The van der Waals surface area contributed by atoms with E-state index in [9.17, 15) is 26.7 Å². The predicted molar refractivity (Wildman–Crippen MR) is 68.4 cm³/mol. The van der Waals surface area contributed by atoms with Crippen LogP contribution in [0.2, 0.25) is 0 Å². The molecule has 1 fully saturated rings. The van der Waals surface area contributed by atoms with Crippen LogP contribution in [0.25, 0.3) is 0 Å². The molecule has 1 aromatic carbocycles. The van der Waals surface area contributed by atoms with E-state index in [0.29, 0.717) is 12.8 Å². The Balaban J connectivity index is 2.25. The Bertz CT molecular complexity index is 524. The quantitative estimate of drug-likeness (QED) is 0.796. The molecule has 1 aromatic rings. The highest BCUT2D eigenvalue weighted by molar-refractivity contribution is 5.56. The zero-order valence-electron chi connectivity index (χ0n) is 11.4. The molecule has 1 aliphatic heterocycles. The average Bonchev–Trinajstić information content (AvgIpc) is 2.47. The number of piperidine rings is 1. The lowest BCUT2D eigenvalue weighted by Gasteiger charge is -2.35. The van der Waals surface area contributed by atoms with Crippen LogP contribution in [-0.2, 0) is 15.5 Å². The number of ether oxygens (including phenoxy) is 1. The van der Waals surface area contributed by atoms with Crippen molar-refractivity contribution in [1.29, 1.82) is 0 Å². The minimum atomic E-state index is -5.66. The maximum atomic E-state index is 13.6. The van der Waals surface area contributed by atoms with Crippen molar-refractivity contribution in [2.75, 3.05) is 18.0 Å². The van der Waals surface area contributed by atoms with Gasteiger partial charge in [0.1, 0.15) is 6.10 Å². The number of hydrogen-bond acceptors (Lipinski definition) is 3. The second-order valence-corrected chi connectivity index (χ2v) is 4.98. The lowest BCUT2D eigenvalue weighted by molar-refractivity contribution is -0.289. The normalized spacial score (nSPS) is 17.4. The average molecular weight is 322 g/mol. The number of hydrogen-bond donors (Lipinski definition) is 0. The van der Waals surface area contributed by atoms with Crippen molar-refractivity contribution < 1.29 is 31.5 Å². The molecule has 1 radical (unpaired) electrons. The molecule has 121 valence electrons. The van der Waals surface area contributed by atoms with Gasteiger partial charge in [0.2, 0.25) is 0 Å². The van der Waals surface area contributed by atoms with Gasteiger partial charge in [-0.2, -0.15) is 22.0 Å². The zero-order valence-corrected chi connectivity index (χ0v) is 11.4. The minimum absolute atomic E-state index is 0.154. The smallest absolute Gasteiger partial charge is 0.454 e. The van der Waals surface area contributed by atoms with Gasteiger partial charge in [-0.15, -0.1) is 0 Å². The van der Waals surface area contributed by atoms with Crippen molar-refractivity contribution in [2.24, 2.45) is 0 Å². The summed E-state index contributed by atoms with van der Waals surface area (Å²) in [5, 5.41) is 0. The van der Waals surface area contributed by atoms with Crippen LogP contribution < -0.4 is 4.90 Å². The summed E-state index contributed by atoms with van der Waals surface area (Å²) in [5.41, 5.74) is -1.22. The number of benzene rings is 1. The van der Waals surface area contributed by atoms with Crippen LogP contribution in [0.1, 0.15) is 18.4 Å². The van der Waals surface area contributed by atoms with Gasteiger partial charge < -0.3 is 9.64 Å². The van der Waals surface area contributed by atoms with E-state index in [2.05, 4.69) is 4.74 Å². The van der Waals surface area contributed by atoms with Crippen LogP contribution >= 0.6 is 0 Å². The number of rotatable bonds is 4. The molecule has 22 heavy (non-hydrogen) atoms. The SMILES string of the molecule is O=[C]OC1CCN(c2ccccc2C(F)(F)C(F)(F)F)CC1. The third-order valence-corrected chi connectivity index (χ3v) is 3.60. The number of nitrogens with zero attached hydrogens (tertiary/aromatic N) is 1. The lowest BCUT2D eigenvalue weighted by atomic mass is 10.0. The summed E-state index contributed by atoms with van der Waals surface area (Å²) in [6.45, 7) is 1.75. The first-order valence-electron chi connectivity index (χ1n) is 6.59. The monoisotopic (exact) mass is 322 g/mol. The van der Waals surface area contributed by atoms with Gasteiger partial charge in [0.05, 0.1) is 5.56 Å². The first kappa shape index (κ1) is 16.5. The van der Waals surface area contributed by atoms with E-state index >= 15 is 0 Å². The summed E-state index contributed by atoms with van der Waals surface area (Å²) >= 11 is 0. The Hall–Kier alpha value is -1.86. The molecule has 0 bridgehead atoms. The molecule has 1 heterocycles. The molecular weight excluding hydrogens is 309 g/mol. The fourth-order valence-electron chi connectivity index (χ4n) is 2.45. The molecule has 0 aliphatic carbocycles. The fourth-order valence-corrected chi connectivity index (χ4v) is 2.45. The zero-order chi connectivity index (χ0) is 16.4. The first-order chi connectivity index (χ1) is 10.3. The molecule has 2 rings (SSSR count). The van der Waals surface area contributed by atoms with Crippen molar-refractivity contribution in [3.05, 3.63) is 29.8 Å². The van der Waals surface area contributed by atoms with Crippen LogP contribution in [-0.4, -0.2) is 31.8 Å². The maximum Gasteiger partial charge on any atom is 0.458 e. The van der Waals surface area contributed by atoms with Crippen LogP contribution in [0.15, 0.2) is 24.3 Å². The number of anilines is 1. The number of alkyl halides is 5. The van der Waals surface area contributed by atoms with Gasteiger partial charge in [0.25, 0.3) is 0 Å². The number of para-hydroxylation sites is 1. The summed E-state index contributed by atoms with van der Waals surface area (Å²) in [5.74, 6) is -4.92. The molecule has 1 aliphatic rings. The maximum absolute atomic E-state index is 13.6. The van der Waals surface area contributed by atoms with Gasteiger partial charge in [-0.1, -0.05) is 18.2 Å². The predicted octanol–water partition coefficient (Wildman–Crippen LogP) is 3.39. The standard InChI is InChI=1S/C14H13F5NO2/c15-13(16,14(17,18)19)11-3-1-2-4-12(11)20-7-5-10(6-8-20)22-9-21/h1-4,10H,5-8H2. The fraction of sp³-hybridized carbons (Fsp3) is 0.500. The molecule has 0 spiro atoms. The molecule has 0 unspecified atom stereocenters. The third kappa shape index (κ3) is 3.15. The molecule has 0 amide bonds. The topological polar surface area (TPSA) is 29.5 Å². The highest BCUT2D eigenvalue weighted by Gasteiger charge is 2.59. The van der Waals surface area contributed by atoms with E-state index in [1.54, 1.807) is 0 Å². The first-order valence-corrected chi connectivity index (χ1v) is 6.59.